The molecule has 0 aliphatic rings. The molecule has 146 valence electrons. The van der Waals surface area contributed by atoms with Gasteiger partial charge < -0.3 is 14.8 Å². The van der Waals surface area contributed by atoms with Crippen LogP contribution in [0, 0.1) is 17.2 Å². The second-order valence-electron chi connectivity index (χ2n) is 6.95. The molecular weight excluding hydrogens is 356 g/mol. The molecule has 6 nitrogen and oxygen atoms in total. The number of ether oxygens (including phenoxy) is 2. The molecule has 2 aromatic rings. The van der Waals surface area contributed by atoms with Crippen molar-refractivity contribution in [3.05, 3.63) is 60.2 Å². The minimum absolute atomic E-state index is 0.101. The summed E-state index contributed by atoms with van der Waals surface area (Å²) in [6.45, 7) is 6.76. The molecule has 2 rings (SSSR count). The van der Waals surface area contributed by atoms with Gasteiger partial charge in [0.1, 0.15) is 17.0 Å². The molecule has 0 fully saturated rings. The number of para-hydroxylation sites is 1. The maximum absolute atomic E-state index is 12.4. The van der Waals surface area contributed by atoms with Gasteiger partial charge in [-0.3, -0.25) is 4.79 Å². The fourth-order valence-electron chi connectivity index (χ4n) is 2.25. The third kappa shape index (κ3) is 5.34. The minimum atomic E-state index is -1.04. The number of rotatable bonds is 7. The lowest BCUT2D eigenvalue weighted by atomic mass is 9.90. The van der Waals surface area contributed by atoms with Gasteiger partial charge >= 0.3 is 5.97 Å². The maximum Gasteiger partial charge on any atom is 0.339 e. The van der Waals surface area contributed by atoms with Crippen LogP contribution in [0.25, 0.3) is 0 Å². The third-order valence-corrected chi connectivity index (χ3v) is 4.47. The highest BCUT2D eigenvalue weighted by atomic mass is 16.5. The second-order valence-corrected chi connectivity index (χ2v) is 6.95. The summed E-state index contributed by atoms with van der Waals surface area (Å²) in [6, 6.07) is 17.8. The molecule has 0 spiro atoms. The van der Waals surface area contributed by atoms with Gasteiger partial charge in [-0.1, -0.05) is 38.1 Å². The Kier molecular flexibility index (Phi) is 6.78. The van der Waals surface area contributed by atoms with Crippen LogP contribution < -0.4 is 10.1 Å². The number of hydrogen-bond donors (Lipinski definition) is 1. The van der Waals surface area contributed by atoms with Gasteiger partial charge in [-0.2, -0.15) is 5.26 Å². The number of esters is 1. The topological polar surface area (TPSA) is 88.4 Å². The van der Waals surface area contributed by atoms with Crippen molar-refractivity contribution in [3.63, 3.8) is 0 Å². The molecule has 0 aliphatic heterocycles. The highest BCUT2D eigenvalue weighted by molar-refractivity contribution is 5.92. The molecule has 2 aromatic carbocycles. The standard InChI is InChI=1S/C22H24N2O4/c1-15(2)22(4,14-23)24-20(25)16(3)27-21(26)17-9-8-12-19(13-17)28-18-10-6-5-7-11-18/h5-13,15-16H,1-4H3,(H,24,25)/t16-,22+/m0/s1. The quantitative estimate of drug-likeness (QED) is 0.731. The smallest absolute Gasteiger partial charge is 0.339 e. The van der Waals surface area contributed by atoms with E-state index in [-0.39, 0.29) is 11.5 Å². The molecule has 0 unspecified atom stereocenters. The van der Waals surface area contributed by atoms with Crippen LogP contribution in [0.3, 0.4) is 0 Å². The van der Waals surface area contributed by atoms with E-state index in [4.69, 9.17) is 9.47 Å². The zero-order valence-electron chi connectivity index (χ0n) is 16.4. The zero-order valence-corrected chi connectivity index (χ0v) is 16.4. The first kappa shape index (κ1) is 21.0. The number of nitrogens with zero attached hydrogens (tertiary/aromatic N) is 1. The summed E-state index contributed by atoms with van der Waals surface area (Å²) < 4.78 is 11.0. The Bertz CT molecular complexity index is 874. The fourth-order valence-corrected chi connectivity index (χ4v) is 2.25. The lowest BCUT2D eigenvalue weighted by molar-refractivity contribution is -0.130. The third-order valence-electron chi connectivity index (χ3n) is 4.47. The van der Waals surface area contributed by atoms with Crippen molar-refractivity contribution in [2.45, 2.75) is 39.3 Å². The van der Waals surface area contributed by atoms with Gasteiger partial charge in [0.25, 0.3) is 5.91 Å². The van der Waals surface area contributed by atoms with Crippen LogP contribution in [0.4, 0.5) is 0 Å². The van der Waals surface area contributed by atoms with Crippen molar-refractivity contribution in [1.82, 2.24) is 5.32 Å². The summed E-state index contributed by atoms with van der Waals surface area (Å²) in [4.78, 5) is 24.7. The predicted molar refractivity (Wildman–Crippen MR) is 105 cm³/mol. The number of carbonyl (C=O) groups is 2. The van der Waals surface area contributed by atoms with Gasteiger partial charge in [-0.25, -0.2) is 4.79 Å². The van der Waals surface area contributed by atoms with Crippen LogP contribution in [0.1, 0.15) is 38.1 Å². The van der Waals surface area contributed by atoms with Crippen LogP contribution in [-0.4, -0.2) is 23.5 Å². The summed E-state index contributed by atoms with van der Waals surface area (Å²) >= 11 is 0. The largest absolute Gasteiger partial charge is 0.457 e. The van der Waals surface area contributed by atoms with E-state index in [2.05, 4.69) is 11.4 Å². The lowest BCUT2D eigenvalue weighted by Crippen LogP contribution is -2.52. The van der Waals surface area contributed by atoms with Gasteiger partial charge in [0, 0.05) is 0 Å². The van der Waals surface area contributed by atoms with Crippen molar-refractivity contribution >= 4 is 11.9 Å². The summed E-state index contributed by atoms with van der Waals surface area (Å²) in [5, 5.41) is 12.0. The monoisotopic (exact) mass is 380 g/mol. The number of carbonyl (C=O) groups excluding carboxylic acids is 2. The lowest BCUT2D eigenvalue weighted by Gasteiger charge is -2.28. The highest BCUT2D eigenvalue weighted by Crippen LogP contribution is 2.22. The van der Waals surface area contributed by atoms with Crippen molar-refractivity contribution in [2.24, 2.45) is 5.92 Å². The van der Waals surface area contributed by atoms with E-state index in [1.54, 1.807) is 43.3 Å². The molecule has 28 heavy (non-hydrogen) atoms. The molecule has 6 heteroatoms. The number of amides is 1. The zero-order chi connectivity index (χ0) is 20.7. The Morgan fingerprint density at radius 2 is 1.68 bits per heavy atom. The molecule has 0 heterocycles. The van der Waals surface area contributed by atoms with Crippen LogP contribution in [-0.2, 0) is 9.53 Å². The first-order valence-electron chi connectivity index (χ1n) is 9.02. The van der Waals surface area contributed by atoms with E-state index in [1.165, 1.54) is 6.92 Å². The molecule has 0 radical (unpaired) electrons. The number of benzene rings is 2. The molecule has 1 amide bonds. The van der Waals surface area contributed by atoms with Gasteiger partial charge in [0.15, 0.2) is 6.10 Å². The van der Waals surface area contributed by atoms with Crippen molar-refractivity contribution in [1.29, 1.82) is 5.26 Å². The van der Waals surface area contributed by atoms with Gasteiger partial charge in [-0.15, -0.1) is 0 Å². The Morgan fingerprint density at radius 1 is 1.04 bits per heavy atom. The number of nitriles is 1. The first-order chi connectivity index (χ1) is 13.2. The van der Waals surface area contributed by atoms with Gasteiger partial charge in [0.2, 0.25) is 0 Å². The Hall–Kier alpha value is -3.33. The van der Waals surface area contributed by atoms with E-state index in [1.807, 2.05) is 32.0 Å². The van der Waals surface area contributed by atoms with E-state index >= 15 is 0 Å². The first-order valence-corrected chi connectivity index (χ1v) is 9.02. The molecule has 0 bridgehead atoms. The average molecular weight is 380 g/mol. The Morgan fingerprint density at radius 3 is 2.29 bits per heavy atom. The summed E-state index contributed by atoms with van der Waals surface area (Å²) in [7, 11) is 0. The molecule has 0 saturated heterocycles. The van der Waals surface area contributed by atoms with E-state index in [0.29, 0.717) is 11.5 Å². The van der Waals surface area contributed by atoms with E-state index in [0.717, 1.165) is 0 Å². The Balaban J connectivity index is 2.03. The van der Waals surface area contributed by atoms with Gasteiger partial charge in [-0.05, 0) is 50.1 Å². The van der Waals surface area contributed by atoms with Crippen LogP contribution in [0.15, 0.2) is 54.6 Å². The second kappa shape index (κ2) is 9.05. The number of nitrogens with one attached hydrogen (secondary N) is 1. The molecule has 0 saturated carbocycles. The van der Waals surface area contributed by atoms with E-state index in [9.17, 15) is 14.9 Å². The normalized spacial score (nSPS) is 13.7. The number of hydrogen-bond acceptors (Lipinski definition) is 5. The van der Waals surface area contributed by atoms with Crippen molar-refractivity contribution < 1.29 is 19.1 Å². The van der Waals surface area contributed by atoms with Crippen molar-refractivity contribution in [2.75, 3.05) is 0 Å². The predicted octanol–water partition coefficient (Wildman–Crippen LogP) is 4.08. The minimum Gasteiger partial charge on any atom is -0.457 e. The molecule has 2 atom stereocenters. The summed E-state index contributed by atoms with van der Waals surface area (Å²) in [5.41, 5.74) is -0.777. The average Bonchev–Trinajstić information content (AvgIpc) is 2.68. The van der Waals surface area contributed by atoms with Gasteiger partial charge in [0.05, 0.1) is 11.6 Å². The molecule has 0 aliphatic carbocycles. The molecular formula is C22H24N2O4. The molecule has 1 N–H and O–H groups in total. The van der Waals surface area contributed by atoms with Crippen LogP contribution in [0.5, 0.6) is 11.5 Å². The molecule has 0 aromatic heterocycles. The SMILES string of the molecule is CC(C)[C@@](C)(C#N)NC(=O)[C@H](C)OC(=O)c1cccc(Oc2ccccc2)c1. The Labute approximate surface area is 165 Å². The fraction of sp³-hybridized carbons (Fsp3) is 0.318. The van der Waals surface area contributed by atoms with Crippen LogP contribution >= 0.6 is 0 Å². The van der Waals surface area contributed by atoms with Crippen LogP contribution in [0.2, 0.25) is 0 Å². The maximum atomic E-state index is 12.4. The summed E-state index contributed by atoms with van der Waals surface area (Å²) in [6.07, 6.45) is -1.04. The van der Waals surface area contributed by atoms with Crippen molar-refractivity contribution in [3.8, 4) is 17.6 Å². The highest BCUT2D eigenvalue weighted by Gasteiger charge is 2.32. The summed E-state index contributed by atoms with van der Waals surface area (Å²) in [5.74, 6) is -0.150. The van der Waals surface area contributed by atoms with E-state index < -0.39 is 23.5 Å².